The number of rotatable bonds is 5. The standard InChI is InChI=1S/C17H18N6O/c1-2-12-3-9-15(10-4-12)19-16(24)11-23-21-17(20-22-23)13-5-7-14(18)8-6-13/h3-10H,2,11,18H2,1H3,(H,19,24). The Hall–Kier alpha value is -3.22. The van der Waals surface area contributed by atoms with Crippen LogP contribution >= 0.6 is 0 Å². The van der Waals surface area contributed by atoms with Crippen molar-refractivity contribution in [3.63, 3.8) is 0 Å². The summed E-state index contributed by atoms with van der Waals surface area (Å²) in [4.78, 5) is 13.3. The summed E-state index contributed by atoms with van der Waals surface area (Å²) in [6, 6.07) is 14.9. The summed E-state index contributed by atoms with van der Waals surface area (Å²) < 4.78 is 0. The maximum absolute atomic E-state index is 12.1. The number of anilines is 2. The first-order valence-corrected chi connectivity index (χ1v) is 7.66. The highest BCUT2D eigenvalue weighted by Gasteiger charge is 2.09. The highest BCUT2D eigenvalue weighted by molar-refractivity contribution is 5.90. The maximum atomic E-state index is 12.1. The van der Waals surface area contributed by atoms with Crippen molar-refractivity contribution in [1.29, 1.82) is 0 Å². The van der Waals surface area contributed by atoms with Crippen LogP contribution in [0.25, 0.3) is 11.4 Å². The Balaban J connectivity index is 1.63. The lowest BCUT2D eigenvalue weighted by Gasteiger charge is -2.05. The molecular weight excluding hydrogens is 304 g/mol. The summed E-state index contributed by atoms with van der Waals surface area (Å²) >= 11 is 0. The van der Waals surface area contributed by atoms with Gasteiger partial charge in [-0.05, 0) is 53.6 Å². The molecule has 0 atom stereocenters. The number of nitrogens with two attached hydrogens (primary N) is 1. The van der Waals surface area contributed by atoms with E-state index in [4.69, 9.17) is 5.73 Å². The zero-order valence-electron chi connectivity index (χ0n) is 13.3. The number of hydrogen-bond donors (Lipinski definition) is 2. The van der Waals surface area contributed by atoms with Gasteiger partial charge in [0, 0.05) is 16.9 Å². The van der Waals surface area contributed by atoms with Gasteiger partial charge in [0.25, 0.3) is 0 Å². The smallest absolute Gasteiger partial charge is 0.248 e. The van der Waals surface area contributed by atoms with Crippen LogP contribution in [-0.4, -0.2) is 26.1 Å². The molecule has 0 saturated carbocycles. The normalized spacial score (nSPS) is 10.5. The van der Waals surface area contributed by atoms with Crippen molar-refractivity contribution in [3.8, 4) is 11.4 Å². The number of aromatic nitrogens is 4. The van der Waals surface area contributed by atoms with Crippen LogP contribution in [0.4, 0.5) is 11.4 Å². The molecule has 0 radical (unpaired) electrons. The second-order valence-corrected chi connectivity index (χ2v) is 5.36. The van der Waals surface area contributed by atoms with E-state index < -0.39 is 0 Å². The maximum Gasteiger partial charge on any atom is 0.248 e. The summed E-state index contributed by atoms with van der Waals surface area (Å²) in [5.74, 6) is 0.246. The van der Waals surface area contributed by atoms with Crippen molar-refractivity contribution in [2.24, 2.45) is 0 Å². The van der Waals surface area contributed by atoms with Gasteiger partial charge in [-0.15, -0.1) is 10.2 Å². The summed E-state index contributed by atoms with van der Waals surface area (Å²) in [5, 5.41) is 14.9. The number of nitrogen functional groups attached to an aromatic ring is 1. The molecule has 3 rings (SSSR count). The van der Waals surface area contributed by atoms with Gasteiger partial charge in [0.1, 0.15) is 6.54 Å². The van der Waals surface area contributed by atoms with Crippen molar-refractivity contribution in [3.05, 3.63) is 54.1 Å². The van der Waals surface area contributed by atoms with Crippen molar-refractivity contribution < 1.29 is 4.79 Å². The van der Waals surface area contributed by atoms with E-state index in [0.717, 1.165) is 17.7 Å². The van der Waals surface area contributed by atoms with E-state index in [1.54, 1.807) is 12.1 Å². The van der Waals surface area contributed by atoms with E-state index in [2.05, 4.69) is 27.7 Å². The van der Waals surface area contributed by atoms with Crippen LogP contribution in [0.15, 0.2) is 48.5 Å². The third-order valence-corrected chi connectivity index (χ3v) is 3.55. The number of benzene rings is 2. The van der Waals surface area contributed by atoms with Crippen LogP contribution in [0, 0.1) is 0 Å². The Labute approximate surface area is 139 Å². The summed E-state index contributed by atoms with van der Waals surface area (Å²) in [5.41, 5.74) is 9.08. The average molecular weight is 322 g/mol. The van der Waals surface area contributed by atoms with Gasteiger partial charge in [0.15, 0.2) is 0 Å². The predicted octanol–water partition coefficient (Wildman–Crippen LogP) is 2.12. The average Bonchev–Trinajstić information content (AvgIpc) is 3.04. The number of aryl methyl sites for hydroxylation is 1. The monoisotopic (exact) mass is 322 g/mol. The highest BCUT2D eigenvalue weighted by Crippen LogP contribution is 2.15. The highest BCUT2D eigenvalue weighted by atomic mass is 16.2. The van der Waals surface area contributed by atoms with Crippen LogP contribution < -0.4 is 11.1 Å². The second kappa shape index (κ2) is 6.91. The van der Waals surface area contributed by atoms with Gasteiger partial charge in [0.05, 0.1) is 0 Å². The number of amides is 1. The van der Waals surface area contributed by atoms with Crippen LogP contribution in [0.5, 0.6) is 0 Å². The first-order valence-electron chi connectivity index (χ1n) is 7.66. The Morgan fingerprint density at radius 1 is 1.12 bits per heavy atom. The fourth-order valence-electron chi connectivity index (χ4n) is 2.21. The van der Waals surface area contributed by atoms with Gasteiger partial charge in [-0.1, -0.05) is 19.1 Å². The molecule has 7 heteroatoms. The van der Waals surface area contributed by atoms with Gasteiger partial charge in [-0.25, -0.2) is 0 Å². The number of hydrogen-bond acceptors (Lipinski definition) is 5. The van der Waals surface area contributed by atoms with Gasteiger partial charge in [0.2, 0.25) is 11.7 Å². The van der Waals surface area contributed by atoms with Crippen LogP contribution in [0.2, 0.25) is 0 Å². The molecule has 0 bridgehead atoms. The lowest BCUT2D eigenvalue weighted by Crippen LogP contribution is -2.20. The van der Waals surface area contributed by atoms with E-state index in [1.165, 1.54) is 10.4 Å². The minimum absolute atomic E-state index is 0.00248. The molecule has 24 heavy (non-hydrogen) atoms. The fourth-order valence-corrected chi connectivity index (χ4v) is 2.21. The molecule has 1 aromatic heterocycles. The fraction of sp³-hybridized carbons (Fsp3) is 0.176. The quantitative estimate of drug-likeness (QED) is 0.701. The van der Waals surface area contributed by atoms with Crippen molar-refractivity contribution >= 4 is 17.3 Å². The third kappa shape index (κ3) is 3.75. The molecule has 0 aliphatic carbocycles. The second-order valence-electron chi connectivity index (χ2n) is 5.36. The molecule has 1 heterocycles. The SMILES string of the molecule is CCc1ccc(NC(=O)Cn2nnc(-c3ccc(N)cc3)n2)cc1. The van der Waals surface area contributed by atoms with E-state index in [9.17, 15) is 4.79 Å². The Bertz CT molecular complexity index is 823. The zero-order chi connectivity index (χ0) is 16.9. The van der Waals surface area contributed by atoms with Crippen molar-refractivity contribution in [2.75, 3.05) is 11.1 Å². The number of tetrazole rings is 1. The van der Waals surface area contributed by atoms with Crippen LogP contribution in [0.3, 0.4) is 0 Å². The number of nitrogens with zero attached hydrogens (tertiary/aromatic N) is 4. The minimum atomic E-state index is -0.208. The molecule has 3 N–H and O–H groups in total. The molecule has 122 valence electrons. The van der Waals surface area contributed by atoms with Crippen molar-refractivity contribution in [1.82, 2.24) is 20.2 Å². The van der Waals surface area contributed by atoms with Gasteiger partial charge >= 0.3 is 0 Å². The first kappa shape index (κ1) is 15.7. The number of carbonyl (C=O) groups is 1. The molecular formula is C17H18N6O. The summed E-state index contributed by atoms with van der Waals surface area (Å²) in [6.45, 7) is 2.08. The van der Waals surface area contributed by atoms with Gasteiger partial charge in [-0.2, -0.15) is 4.80 Å². The van der Waals surface area contributed by atoms with E-state index in [0.29, 0.717) is 11.5 Å². The Kier molecular flexibility index (Phi) is 4.51. The van der Waals surface area contributed by atoms with Crippen LogP contribution in [0.1, 0.15) is 12.5 Å². The first-order chi connectivity index (χ1) is 11.6. The lowest BCUT2D eigenvalue weighted by atomic mass is 10.1. The molecule has 7 nitrogen and oxygen atoms in total. The summed E-state index contributed by atoms with van der Waals surface area (Å²) in [6.07, 6.45) is 0.963. The molecule has 0 aliphatic rings. The number of carbonyl (C=O) groups excluding carboxylic acids is 1. The van der Waals surface area contributed by atoms with E-state index in [-0.39, 0.29) is 12.5 Å². The van der Waals surface area contributed by atoms with Gasteiger partial charge in [-0.3, -0.25) is 4.79 Å². The van der Waals surface area contributed by atoms with Crippen molar-refractivity contribution in [2.45, 2.75) is 19.9 Å². The molecule has 0 aliphatic heterocycles. The largest absolute Gasteiger partial charge is 0.399 e. The molecule has 2 aromatic carbocycles. The number of nitrogens with one attached hydrogen (secondary N) is 1. The minimum Gasteiger partial charge on any atom is -0.399 e. The molecule has 0 saturated heterocycles. The predicted molar refractivity (Wildman–Crippen MR) is 92.1 cm³/mol. The molecule has 0 unspecified atom stereocenters. The third-order valence-electron chi connectivity index (χ3n) is 3.55. The van der Waals surface area contributed by atoms with E-state index >= 15 is 0 Å². The Morgan fingerprint density at radius 3 is 2.50 bits per heavy atom. The van der Waals surface area contributed by atoms with E-state index in [1.807, 2.05) is 36.4 Å². The van der Waals surface area contributed by atoms with Gasteiger partial charge < -0.3 is 11.1 Å². The molecule has 0 fully saturated rings. The molecule has 1 amide bonds. The Morgan fingerprint density at radius 2 is 1.83 bits per heavy atom. The topological polar surface area (TPSA) is 98.7 Å². The molecule has 0 spiro atoms. The van der Waals surface area contributed by atoms with Crippen LogP contribution in [-0.2, 0) is 17.8 Å². The lowest BCUT2D eigenvalue weighted by molar-refractivity contribution is -0.117. The molecule has 3 aromatic rings. The summed E-state index contributed by atoms with van der Waals surface area (Å²) in [7, 11) is 0. The zero-order valence-corrected chi connectivity index (χ0v) is 13.3.